The van der Waals surface area contributed by atoms with Crippen LogP contribution < -0.4 is 10.6 Å². The number of sulfone groups is 1. The van der Waals surface area contributed by atoms with Gasteiger partial charge in [0.05, 0.1) is 21.2 Å². The number of benzene rings is 2. The lowest BCUT2D eigenvalue weighted by atomic mass is 10.2. The number of rotatable bonds is 4. The zero-order valence-electron chi connectivity index (χ0n) is 13.3. The topological polar surface area (TPSA) is 92.3 Å². The number of anilines is 2. The Morgan fingerprint density at radius 2 is 1.76 bits per heavy atom. The van der Waals surface area contributed by atoms with Crippen molar-refractivity contribution in [3.05, 3.63) is 52.8 Å². The Morgan fingerprint density at radius 3 is 2.36 bits per heavy atom. The van der Waals surface area contributed by atoms with E-state index < -0.39 is 21.6 Å². The highest BCUT2D eigenvalue weighted by Crippen LogP contribution is 2.24. The molecule has 6 nitrogen and oxygen atoms in total. The molecule has 2 aromatic rings. The Bertz CT molecular complexity index is 961. The maximum Gasteiger partial charge on any atom is 0.257 e. The fourth-order valence-electron chi connectivity index (χ4n) is 2.00. The molecule has 132 valence electrons. The minimum Gasteiger partial charge on any atom is -0.326 e. The van der Waals surface area contributed by atoms with E-state index in [-0.39, 0.29) is 27.1 Å². The number of halogens is 2. The minimum atomic E-state index is -3.54. The monoisotopic (exact) mass is 384 g/mol. The molecule has 0 aliphatic rings. The van der Waals surface area contributed by atoms with Crippen LogP contribution in [0.2, 0.25) is 5.02 Å². The van der Waals surface area contributed by atoms with Crippen molar-refractivity contribution < 1.29 is 22.4 Å². The van der Waals surface area contributed by atoms with Gasteiger partial charge in [-0.25, -0.2) is 12.8 Å². The van der Waals surface area contributed by atoms with Crippen molar-refractivity contribution in [2.24, 2.45) is 0 Å². The van der Waals surface area contributed by atoms with Crippen LogP contribution in [0.1, 0.15) is 17.3 Å². The van der Waals surface area contributed by atoms with E-state index >= 15 is 0 Å². The first kappa shape index (κ1) is 18.9. The Hall–Kier alpha value is -2.45. The molecule has 0 fully saturated rings. The fourth-order valence-corrected chi connectivity index (χ4v) is 2.85. The second-order valence-electron chi connectivity index (χ2n) is 5.24. The summed E-state index contributed by atoms with van der Waals surface area (Å²) in [5.74, 6) is -1.86. The third kappa shape index (κ3) is 4.77. The summed E-state index contributed by atoms with van der Waals surface area (Å²) >= 11 is 5.94. The van der Waals surface area contributed by atoms with Gasteiger partial charge in [0.2, 0.25) is 5.91 Å². The van der Waals surface area contributed by atoms with Crippen LogP contribution in [0, 0.1) is 5.82 Å². The van der Waals surface area contributed by atoms with E-state index in [0.29, 0.717) is 5.69 Å². The molecule has 0 unspecified atom stereocenters. The smallest absolute Gasteiger partial charge is 0.257 e. The highest BCUT2D eigenvalue weighted by atomic mass is 35.5. The largest absolute Gasteiger partial charge is 0.326 e. The van der Waals surface area contributed by atoms with Crippen LogP contribution in [-0.4, -0.2) is 26.5 Å². The number of hydrogen-bond donors (Lipinski definition) is 2. The molecule has 0 heterocycles. The van der Waals surface area contributed by atoms with Crippen molar-refractivity contribution in [1.29, 1.82) is 0 Å². The van der Waals surface area contributed by atoms with Gasteiger partial charge in [0.25, 0.3) is 5.91 Å². The van der Waals surface area contributed by atoms with Gasteiger partial charge in [-0.15, -0.1) is 0 Å². The Kier molecular flexibility index (Phi) is 5.44. The first-order chi connectivity index (χ1) is 11.6. The van der Waals surface area contributed by atoms with Gasteiger partial charge in [0, 0.05) is 18.9 Å². The summed E-state index contributed by atoms with van der Waals surface area (Å²) in [6, 6.07) is 7.31. The van der Waals surface area contributed by atoms with Crippen molar-refractivity contribution in [2.45, 2.75) is 11.8 Å². The van der Waals surface area contributed by atoms with Gasteiger partial charge in [0.1, 0.15) is 5.82 Å². The Balaban J connectivity index is 2.36. The number of hydrogen-bond acceptors (Lipinski definition) is 4. The van der Waals surface area contributed by atoms with Crippen molar-refractivity contribution >= 4 is 44.6 Å². The molecule has 0 spiro atoms. The molecule has 2 rings (SSSR count). The lowest BCUT2D eigenvalue weighted by Crippen LogP contribution is -2.15. The highest BCUT2D eigenvalue weighted by molar-refractivity contribution is 7.90. The van der Waals surface area contributed by atoms with E-state index in [4.69, 9.17) is 11.6 Å². The van der Waals surface area contributed by atoms with Crippen molar-refractivity contribution in [1.82, 2.24) is 0 Å². The zero-order chi connectivity index (χ0) is 18.8. The molecule has 2 N–H and O–H groups in total. The van der Waals surface area contributed by atoms with Gasteiger partial charge in [-0.1, -0.05) is 11.6 Å². The fraction of sp³-hybridized carbons (Fsp3) is 0.125. The predicted octanol–water partition coefficient (Wildman–Crippen LogP) is 3.09. The third-order valence-corrected chi connectivity index (χ3v) is 4.59. The van der Waals surface area contributed by atoms with Gasteiger partial charge in [-0.3, -0.25) is 9.59 Å². The normalized spacial score (nSPS) is 11.0. The summed E-state index contributed by atoms with van der Waals surface area (Å²) in [5.41, 5.74) is -0.00817. The highest BCUT2D eigenvalue weighted by Gasteiger charge is 2.17. The van der Waals surface area contributed by atoms with Crippen LogP contribution in [0.5, 0.6) is 0 Å². The number of carbonyl (C=O) groups is 2. The maximum absolute atomic E-state index is 13.9. The van der Waals surface area contributed by atoms with Gasteiger partial charge in [0.15, 0.2) is 9.84 Å². The summed E-state index contributed by atoms with van der Waals surface area (Å²) in [6.07, 6.45) is 0.995. The second kappa shape index (κ2) is 7.20. The zero-order valence-corrected chi connectivity index (χ0v) is 14.8. The number of carbonyl (C=O) groups excluding carboxylic acids is 2. The number of nitrogens with one attached hydrogen (secondary N) is 2. The summed E-state index contributed by atoms with van der Waals surface area (Å²) in [5, 5.41) is 4.80. The Labute approximate surface area is 148 Å². The molecule has 2 amide bonds. The van der Waals surface area contributed by atoms with E-state index in [1.165, 1.54) is 31.2 Å². The molecule has 0 radical (unpaired) electrons. The molecular formula is C16H14ClFN2O4S. The lowest BCUT2D eigenvalue weighted by molar-refractivity contribution is -0.114. The molecule has 0 saturated carbocycles. The Morgan fingerprint density at radius 1 is 1.08 bits per heavy atom. The van der Waals surface area contributed by atoms with Gasteiger partial charge in [-0.05, 0) is 36.4 Å². The van der Waals surface area contributed by atoms with Crippen LogP contribution in [0.25, 0.3) is 0 Å². The molecule has 0 saturated heterocycles. The van der Waals surface area contributed by atoms with E-state index in [1.54, 1.807) is 0 Å². The average Bonchev–Trinajstić information content (AvgIpc) is 2.49. The first-order valence-corrected chi connectivity index (χ1v) is 9.23. The predicted molar refractivity (Wildman–Crippen MR) is 93.2 cm³/mol. The van der Waals surface area contributed by atoms with Crippen LogP contribution in [0.4, 0.5) is 15.8 Å². The minimum absolute atomic E-state index is 0.0170. The second-order valence-corrected chi connectivity index (χ2v) is 7.67. The third-order valence-electron chi connectivity index (χ3n) is 3.15. The SMILES string of the molecule is CC(=O)Nc1ccc(F)c(NC(=O)c2cc(S(C)(=O)=O)ccc2Cl)c1. The van der Waals surface area contributed by atoms with Crippen LogP contribution in [0.15, 0.2) is 41.3 Å². The maximum atomic E-state index is 13.9. The van der Waals surface area contributed by atoms with Gasteiger partial charge >= 0.3 is 0 Å². The molecule has 25 heavy (non-hydrogen) atoms. The summed E-state index contributed by atoms with van der Waals surface area (Å²) in [4.78, 5) is 23.3. The summed E-state index contributed by atoms with van der Waals surface area (Å²) < 4.78 is 37.1. The van der Waals surface area contributed by atoms with Crippen molar-refractivity contribution in [2.75, 3.05) is 16.9 Å². The summed E-state index contributed by atoms with van der Waals surface area (Å²) in [6.45, 7) is 1.29. The van der Waals surface area contributed by atoms with Gasteiger partial charge < -0.3 is 10.6 Å². The molecule has 0 aliphatic carbocycles. The summed E-state index contributed by atoms with van der Waals surface area (Å²) in [7, 11) is -3.54. The standard InChI is InChI=1S/C16H14ClFN2O4S/c1-9(21)19-10-3-6-14(18)15(7-10)20-16(22)12-8-11(25(2,23)24)4-5-13(12)17/h3-8H,1-2H3,(H,19,21)(H,20,22). The molecule has 0 aromatic heterocycles. The van der Waals surface area contributed by atoms with E-state index in [0.717, 1.165) is 18.4 Å². The van der Waals surface area contributed by atoms with E-state index in [1.807, 2.05) is 0 Å². The average molecular weight is 385 g/mol. The van der Waals surface area contributed by atoms with Crippen LogP contribution in [-0.2, 0) is 14.6 Å². The van der Waals surface area contributed by atoms with Crippen LogP contribution in [0.3, 0.4) is 0 Å². The van der Waals surface area contributed by atoms with E-state index in [2.05, 4.69) is 10.6 Å². The quantitative estimate of drug-likeness (QED) is 0.847. The molecule has 0 bridgehead atoms. The van der Waals surface area contributed by atoms with Gasteiger partial charge in [-0.2, -0.15) is 0 Å². The van der Waals surface area contributed by atoms with Crippen molar-refractivity contribution in [3.8, 4) is 0 Å². The van der Waals surface area contributed by atoms with Crippen molar-refractivity contribution in [3.63, 3.8) is 0 Å². The molecule has 0 aliphatic heterocycles. The molecular weight excluding hydrogens is 371 g/mol. The van der Waals surface area contributed by atoms with Crippen LogP contribution >= 0.6 is 11.6 Å². The van der Waals surface area contributed by atoms with E-state index in [9.17, 15) is 22.4 Å². The molecule has 2 aromatic carbocycles. The first-order valence-electron chi connectivity index (χ1n) is 6.96. The molecule has 9 heteroatoms. The number of amides is 2. The lowest BCUT2D eigenvalue weighted by Gasteiger charge is -2.11. The molecule has 0 atom stereocenters.